The van der Waals surface area contributed by atoms with E-state index >= 15 is 0 Å². The Hall–Kier alpha value is -2.08. The van der Waals surface area contributed by atoms with Crippen LogP contribution in [0.5, 0.6) is 0 Å². The molecule has 0 aliphatic heterocycles. The van der Waals surface area contributed by atoms with Gasteiger partial charge < -0.3 is 0 Å². The summed E-state index contributed by atoms with van der Waals surface area (Å²) in [5.74, 6) is 0. The molecular formula is C20H18. The number of benzene rings is 2. The quantitative estimate of drug-likeness (QED) is 0.607. The zero-order chi connectivity index (χ0) is 13.5. The Morgan fingerprint density at radius 2 is 1.90 bits per heavy atom. The molecule has 0 saturated carbocycles. The van der Waals surface area contributed by atoms with Gasteiger partial charge in [-0.05, 0) is 59.6 Å². The fraction of sp³-hybridized carbons (Fsp3) is 0.200. The lowest BCUT2D eigenvalue weighted by atomic mass is 9.93. The molecule has 20 heavy (non-hydrogen) atoms. The van der Waals surface area contributed by atoms with Crippen LogP contribution >= 0.6 is 0 Å². The van der Waals surface area contributed by atoms with Crippen LogP contribution in [0.15, 0.2) is 60.2 Å². The second kappa shape index (κ2) is 4.49. The maximum atomic E-state index is 2.33. The molecule has 0 fully saturated rings. The van der Waals surface area contributed by atoms with Gasteiger partial charge in [0, 0.05) is 0 Å². The smallest absolute Gasteiger partial charge is 0.00107 e. The summed E-state index contributed by atoms with van der Waals surface area (Å²) in [7, 11) is 0. The summed E-state index contributed by atoms with van der Waals surface area (Å²) in [6.45, 7) is 2.29. The van der Waals surface area contributed by atoms with Gasteiger partial charge in [-0.3, -0.25) is 0 Å². The first-order valence-electron chi connectivity index (χ1n) is 7.37. The lowest BCUT2D eigenvalue weighted by Gasteiger charge is -2.12. The van der Waals surface area contributed by atoms with Gasteiger partial charge in [-0.15, -0.1) is 0 Å². The second-order valence-corrected chi connectivity index (χ2v) is 5.84. The molecule has 0 N–H and O–H groups in total. The van der Waals surface area contributed by atoms with Gasteiger partial charge in [-0.1, -0.05) is 60.2 Å². The topological polar surface area (TPSA) is 0 Å². The van der Waals surface area contributed by atoms with E-state index in [2.05, 4.69) is 61.5 Å². The predicted molar refractivity (Wildman–Crippen MR) is 85.0 cm³/mol. The van der Waals surface area contributed by atoms with Crippen LogP contribution in [-0.4, -0.2) is 0 Å². The van der Waals surface area contributed by atoms with E-state index in [1.165, 1.54) is 39.0 Å². The highest BCUT2D eigenvalue weighted by Gasteiger charge is 2.20. The zero-order valence-electron chi connectivity index (χ0n) is 11.8. The molecular weight excluding hydrogens is 240 g/mol. The summed E-state index contributed by atoms with van der Waals surface area (Å²) in [6.07, 6.45) is 10.0. The number of rotatable bonds is 2. The van der Waals surface area contributed by atoms with E-state index in [-0.39, 0.29) is 0 Å². The minimum Gasteiger partial charge on any atom is -0.0804 e. The van der Waals surface area contributed by atoms with Crippen molar-refractivity contribution in [3.8, 4) is 11.1 Å². The highest BCUT2D eigenvalue weighted by Crippen LogP contribution is 2.39. The molecule has 2 aromatic rings. The van der Waals surface area contributed by atoms with Crippen LogP contribution < -0.4 is 0 Å². The van der Waals surface area contributed by atoms with Crippen molar-refractivity contribution in [1.82, 2.24) is 0 Å². The Labute approximate surface area is 120 Å². The van der Waals surface area contributed by atoms with Crippen molar-refractivity contribution >= 4 is 0 Å². The molecule has 0 bridgehead atoms. The minimum atomic E-state index is 1.10. The van der Waals surface area contributed by atoms with E-state index in [1.54, 1.807) is 0 Å². The highest BCUT2D eigenvalue weighted by molar-refractivity contribution is 5.78. The molecule has 0 nitrogen and oxygen atoms in total. The standard InChI is InChI=1S/C20H18/c1-14-16(12-15-6-2-3-7-15)10-11-19-18-9-5-4-8-17(18)13-20(14)19/h2-6,8-11H,7,12-13H2,1H3. The summed E-state index contributed by atoms with van der Waals surface area (Å²) in [4.78, 5) is 0. The first kappa shape index (κ1) is 11.7. The molecule has 0 heteroatoms. The monoisotopic (exact) mass is 258 g/mol. The van der Waals surface area contributed by atoms with Crippen LogP contribution in [0, 0.1) is 6.92 Å². The van der Waals surface area contributed by atoms with Crippen LogP contribution in [0.4, 0.5) is 0 Å². The van der Waals surface area contributed by atoms with E-state index in [9.17, 15) is 0 Å². The maximum Gasteiger partial charge on any atom is -0.00107 e. The van der Waals surface area contributed by atoms with Gasteiger partial charge >= 0.3 is 0 Å². The predicted octanol–water partition coefficient (Wildman–Crippen LogP) is 5.00. The molecule has 0 spiro atoms. The first-order chi connectivity index (χ1) is 9.83. The lowest BCUT2D eigenvalue weighted by molar-refractivity contribution is 1.05. The van der Waals surface area contributed by atoms with E-state index in [0.717, 1.165) is 19.3 Å². The fourth-order valence-corrected chi connectivity index (χ4v) is 3.47. The minimum absolute atomic E-state index is 1.10. The largest absolute Gasteiger partial charge is 0.0804 e. The van der Waals surface area contributed by atoms with Crippen LogP contribution in [0.1, 0.15) is 28.7 Å². The summed E-state index contributed by atoms with van der Waals surface area (Å²) in [6, 6.07) is 13.5. The summed E-state index contributed by atoms with van der Waals surface area (Å²) < 4.78 is 0. The van der Waals surface area contributed by atoms with Crippen molar-refractivity contribution < 1.29 is 0 Å². The van der Waals surface area contributed by atoms with Crippen LogP contribution in [-0.2, 0) is 12.8 Å². The molecule has 0 unspecified atom stereocenters. The third-order valence-corrected chi connectivity index (χ3v) is 4.65. The van der Waals surface area contributed by atoms with Gasteiger partial charge in [0.1, 0.15) is 0 Å². The van der Waals surface area contributed by atoms with Gasteiger partial charge in [0.2, 0.25) is 0 Å². The Morgan fingerprint density at radius 1 is 1.00 bits per heavy atom. The van der Waals surface area contributed by atoms with Crippen LogP contribution in [0.3, 0.4) is 0 Å². The molecule has 2 aliphatic carbocycles. The molecule has 0 radical (unpaired) electrons. The number of fused-ring (bicyclic) bond motifs is 3. The normalized spacial score (nSPS) is 15.2. The van der Waals surface area contributed by atoms with E-state index in [1.807, 2.05) is 0 Å². The highest BCUT2D eigenvalue weighted by atomic mass is 14.2. The van der Waals surface area contributed by atoms with Crippen LogP contribution in [0.2, 0.25) is 0 Å². The van der Waals surface area contributed by atoms with Gasteiger partial charge in [-0.25, -0.2) is 0 Å². The maximum absolute atomic E-state index is 2.33. The summed E-state index contributed by atoms with van der Waals surface area (Å²) in [5, 5.41) is 0. The third-order valence-electron chi connectivity index (χ3n) is 4.65. The Balaban J connectivity index is 1.75. The SMILES string of the molecule is Cc1c(CC2=CC=CC2)ccc2c1Cc1ccccc1-2. The van der Waals surface area contributed by atoms with Crippen molar-refractivity contribution in [1.29, 1.82) is 0 Å². The van der Waals surface area contributed by atoms with Crippen molar-refractivity contribution in [2.24, 2.45) is 0 Å². The van der Waals surface area contributed by atoms with Crippen molar-refractivity contribution in [2.75, 3.05) is 0 Å². The second-order valence-electron chi connectivity index (χ2n) is 5.84. The van der Waals surface area contributed by atoms with Gasteiger partial charge in [0.25, 0.3) is 0 Å². The summed E-state index contributed by atoms with van der Waals surface area (Å²) in [5.41, 5.74) is 10.4. The molecule has 0 atom stereocenters. The van der Waals surface area contributed by atoms with E-state index in [4.69, 9.17) is 0 Å². The first-order valence-corrected chi connectivity index (χ1v) is 7.37. The van der Waals surface area contributed by atoms with Crippen molar-refractivity contribution in [3.63, 3.8) is 0 Å². The number of hydrogen-bond donors (Lipinski definition) is 0. The van der Waals surface area contributed by atoms with Gasteiger partial charge in [0.05, 0.1) is 0 Å². The zero-order valence-corrected chi connectivity index (χ0v) is 11.8. The molecule has 0 amide bonds. The van der Waals surface area contributed by atoms with E-state index < -0.39 is 0 Å². The van der Waals surface area contributed by atoms with Crippen LogP contribution in [0.25, 0.3) is 11.1 Å². The van der Waals surface area contributed by atoms with Gasteiger partial charge in [-0.2, -0.15) is 0 Å². The Kier molecular flexibility index (Phi) is 2.63. The average Bonchev–Trinajstić information content (AvgIpc) is 3.09. The summed E-state index contributed by atoms with van der Waals surface area (Å²) >= 11 is 0. The average molecular weight is 258 g/mol. The van der Waals surface area contributed by atoms with Gasteiger partial charge in [0.15, 0.2) is 0 Å². The Morgan fingerprint density at radius 3 is 2.75 bits per heavy atom. The molecule has 2 aliphatic rings. The molecule has 2 aromatic carbocycles. The van der Waals surface area contributed by atoms with Crippen molar-refractivity contribution in [2.45, 2.75) is 26.2 Å². The number of allylic oxidation sites excluding steroid dienone is 4. The third kappa shape index (κ3) is 1.76. The fourth-order valence-electron chi connectivity index (χ4n) is 3.47. The molecule has 0 heterocycles. The molecule has 4 rings (SSSR count). The molecule has 98 valence electrons. The van der Waals surface area contributed by atoms with E-state index in [0.29, 0.717) is 0 Å². The Bertz CT molecular complexity index is 745. The van der Waals surface area contributed by atoms with Crippen molar-refractivity contribution in [3.05, 3.63) is 82.5 Å². The molecule has 0 aromatic heterocycles. The lowest BCUT2D eigenvalue weighted by Crippen LogP contribution is -1.96. The number of hydrogen-bond acceptors (Lipinski definition) is 0. The molecule has 0 saturated heterocycles.